The second-order valence-corrected chi connectivity index (χ2v) is 5.37. The third-order valence-corrected chi connectivity index (χ3v) is 4.08. The first-order valence-electron chi connectivity index (χ1n) is 6.52. The number of carboxylic acid groups (broad SMARTS) is 1. The Kier molecular flexibility index (Phi) is 3.71. The summed E-state index contributed by atoms with van der Waals surface area (Å²) in [7, 11) is 0. The van der Waals surface area contributed by atoms with Crippen LogP contribution in [0.15, 0.2) is 18.2 Å². The summed E-state index contributed by atoms with van der Waals surface area (Å²) in [6, 6.07) is 6.59. The maximum absolute atomic E-state index is 11.1. The summed E-state index contributed by atoms with van der Waals surface area (Å²) < 4.78 is 0. The molecule has 1 heterocycles. The zero-order chi connectivity index (χ0) is 13.3. The molecule has 0 saturated carbocycles. The Bertz CT molecular complexity index is 456. The van der Waals surface area contributed by atoms with Gasteiger partial charge in [-0.25, -0.2) is 0 Å². The summed E-state index contributed by atoms with van der Waals surface area (Å²) in [4.78, 5) is 13.4. The summed E-state index contributed by atoms with van der Waals surface area (Å²) in [5.41, 5.74) is 3.86. The molecule has 3 nitrogen and oxygen atoms in total. The van der Waals surface area contributed by atoms with Crippen molar-refractivity contribution < 1.29 is 9.90 Å². The number of aryl methyl sites for hydroxylation is 2. The fraction of sp³-hybridized carbons (Fsp3) is 0.533. The highest BCUT2D eigenvalue weighted by atomic mass is 16.4. The van der Waals surface area contributed by atoms with Crippen molar-refractivity contribution in [2.75, 3.05) is 6.54 Å². The SMILES string of the molecule is Cc1ccc(C)c(CN2CCC(C(=O)O)C2C)c1. The van der Waals surface area contributed by atoms with Gasteiger partial charge in [0.15, 0.2) is 0 Å². The number of aliphatic carboxylic acids is 1. The molecule has 1 aliphatic heterocycles. The van der Waals surface area contributed by atoms with Crippen LogP contribution in [0.4, 0.5) is 0 Å². The molecule has 2 atom stereocenters. The number of hydrogen-bond acceptors (Lipinski definition) is 2. The Morgan fingerprint density at radius 2 is 2.17 bits per heavy atom. The minimum Gasteiger partial charge on any atom is -0.481 e. The van der Waals surface area contributed by atoms with Crippen molar-refractivity contribution in [2.24, 2.45) is 5.92 Å². The van der Waals surface area contributed by atoms with Crippen LogP contribution in [0.3, 0.4) is 0 Å². The van der Waals surface area contributed by atoms with Gasteiger partial charge < -0.3 is 5.11 Å². The van der Waals surface area contributed by atoms with Crippen molar-refractivity contribution in [1.82, 2.24) is 4.90 Å². The van der Waals surface area contributed by atoms with E-state index in [1.807, 2.05) is 6.92 Å². The van der Waals surface area contributed by atoms with Crippen LogP contribution >= 0.6 is 0 Å². The van der Waals surface area contributed by atoms with Crippen LogP contribution in [0.1, 0.15) is 30.0 Å². The number of nitrogens with zero attached hydrogens (tertiary/aromatic N) is 1. The highest BCUT2D eigenvalue weighted by molar-refractivity contribution is 5.71. The minimum absolute atomic E-state index is 0.127. The molecule has 18 heavy (non-hydrogen) atoms. The number of likely N-dealkylation sites (tertiary alicyclic amines) is 1. The summed E-state index contributed by atoms with van der Waals surface area (Å²) in [5.74, 6) is -0.874. The van der Waals surface area contributed by atoms with Crippen molar-refractivity contribution in [3.8, 4) is 0 Å². The Labute approximate surface area is 108 Å². The largest absolute Gasteiger partial charge is 0.481 e. The highest BCUT2D eigenvalue weighted by Crippen LogP contribution is 2.26. The van der Waals surface area contributed by atoms with Crippen LogP contribution in [0.2, 0.25) is 0 Å². The predicted molar refractivity (Wildman–Crippen MR) is 71.5 cm³/mol. The molecular weight excluding hydrogens is 226 g/mol. The van der Waals surface area contributed by atoms with Gasteiger partial charge in [0, 0.05) is 12.6 Å². The normalized spacial score (nSPS) is 24.4. The Morgan fingerprint density at radius 1 is 1.44 bits per heavy atom. The molecular formula is C15H21NO2. The van der Waals surface area contributed by atoms with Gasteiger partial charge in [0.25, 0.3) is 0 Å². The van der Waals surface area contributed by atoms with Gasteiger partial charge in [-0.15, -0.1) is 0 Å². The molecule has 0 radical (unpaired) electrons. The first-order valence-corrected chi connectivity index (χ1v) is 6.52. The van der Waals surface area contributed by atoms with Gasteiger partial charge in [-0.1, -0.05) is 23.8 Å². The van der Waals surface area contributed by atoms with Gasteiger partial charge in [-0.3, -0.25) is 9.69 Å². The summed E-state index contributed by atoms with van der Waals surface area (Å²) in [5, 5.41) is 9.14. The second-order valence-electron chi connectivity index (χ2n) is 5.37. The van der Waals surface area contributed by atoms with Crippen LogP contribution in [0.25, 0.3) is 0 Å². The predicted octanol–water partition coefficient (Wildman–Crippen LogP) is 2.60. The third kappa shape index (κ3) is 2.56. The highest BCUT2D eigenvalue weighted by Gasteiger charge is 2.35. The number of carboxylic acids is 1. The van der Waals surface area contributed by atoms with Crippen LogP contribution in [0, 0.1) is 19.8 Å². The average Bonchev–Trinajstić information content (AvgIpc) is 2.66. The minimum atomic E-state index is -0.661. The van der Waals surface area contributed by atoms with Crippen molar-refractivity contribution >= 4 is 5.97 Å². The van der Waals surface area contributed by atoms with Crippen LogP contribution < -0.4 is 0 Å². The molecule has 1 aliphatic rings. The monoisotopic (exact) mass is 247 g/mol. The number of rotatable bonds is 3. The van der Waals surface area contributed by atoms with Gasteiger partial charge in [0.2, 0.25) is 0 Å². The van der Waals surface area contributed by atoms with Gasteiger partial charge in [0.05, 0.1) is 5.92 Å². The molecule has 3 heteroatoms. The van der Waals surface area contributed by atoms with Crippen molar-refractivity contribution in [1.29, 1.82) is 0 Å². The van der Waals surface area contributed by atoms with E-state index in [-0.39, 0.29) is 12.0 Å². The molecule has 0 spiro atoms. The lowest BCUT2D eigenvalue weighted by atomic mass is 10.0. The summed E-state index contributed by atoms with van der Waals surface area (Å²) in [6.07, 6.45) is 0.765. The van der Waals surface area contributed by atoms with Gasteiger partial charge in [-0.2, -0.15) is 0 Å². The maximum atomic E-state index is 11.1. The van der Waals surface area contributed by atoms with E-state index in [9.17, 15) is 4.79 Å². The topological polar surface area (TPSA) is 40.5 Å². The quantitative estimate of drug-likeness (QED) is 0.892. The number of benzene rings is 1. The standard InChI is InChI=1S/C15H21NO2/c1-10-4-5-11(2)13(8-10)9-16-7-6-14(12(16)3)15(17)18/h4-5,8,12,14H,6-7,9H2,1-3H3,(H,17,18). The van der Waals surface area contributed by atoms with Gasteiger partial charge in [0.1, 0.15) is 0 Å². The first kappa shape index (κ1) is 13.1. The van der Waals surface area contributed by atoms with Crippen LogP contribution in [-0.2, 0) is 11.3 Å². The van der Waals surface area contributed by atoms with E-state index in [1.54, 1.807) is 0 Å². The first-order chi connectivity index (χ1) is 8.49. The molecule has 1 saturated heterocycles. The molecule has 1 aromatic rings. The zero-order valence-electron chi connectivity index (χ0n) is 11.3. The molecule has 98 valence electrons. The Balaban J connectivity index is 2.11. The van der Waals surface area contributed by atoms with Gasteiger partial charge >= 0.3 is 5.97 Å². The molecule has 2 unspecified atom stereocenters. The average molecular weight is 247 g/mol. The number of hydrogen-bond donors (Lipinski definition) is 1. The summed E-state index contributed by atoms with van der Waals surface area (Å²) >= 11 is 0. The summed E-state index contributed by atoms with van der Waals surface area (Å²) in [6.45, 7) is 7.97. The van der Waals surface area contributed by atoms with E-state index in [4.69, 9.17) is 5.11 Å². The van der Waals surface area contributed by atoms with Crippen molar-refractivity contribution in [3.63, 3.8) is 0 Å². The Hall–Kier alpha value is -1.35. The fourth-order valence-electron chi connectivity index (χ4n) is 2.75. The number of carbonyl (C=O) groups is 1. The zero-order valence-corrected chi connectivity index (χ0v) is 11.3. The second kappa shape index (κ2) is 5.11. The molecule has 1 fully saturated rings. The molecule has 0 aliphatic carbocycles. The van der Waals surface area contributed by atoms with Crippen LogP contribution in [0.5, 0.6) is 0 Å². The van der Waals surface area contributed by atoms with E-state index in [1.165, 1.54) is 16.7 Å². The van der Waals surface area contributed by atoms with E-state index in [0.717, 1.165) is 19.5 Å². The fourth-order valence-corrected chi connectivity index (χ4v) is 2.75. The lowest BCUT2D eigenvalue weighted by Crippen LogP contribution is -2.32. The van der Waals surface area contributed by atoms with E-state index in [0.29, 0.717) is 0 Å². The third-order valence-electron chi connectivity index (χ3n) is 4.08. The Morgan fingerprint density at radius 3 is 2.78 bits per heavy atom. The molecule has 1 aromatic carbocycles. The van der Waals surface area contributed by atoms with Gasteiger partial charge in [-0.05, 0) is 44.9 Å². The van der Waals surface area contributed by atoms with E-state index in [2.05, 4.69) is 36.9 Å². The molecule has 2 rings (SSSR count). The smallest absolute Gasteiger partial charge is 0.308 e. The van der Waals surface area contributed by atoms with Crippen molar-refractivity contribution in [2.45, 2.75) is 39.8 Å². The molecule has 0 amide bonds. The van der Waals surface area contributed by atoms with Crippen LogP contribution in [-0.4, -0.2) is 28.6 Å². The van der Waals surface area contributed by atoms with E-state index < -0.39 is 5.97 Å². The lowest BCUT2D eigenvalue weighted by molar-refractivity contribution is -0.142. The van der Waals surface area contributed by atoms with E-state index >= 15 is 0 Å². The molecule has 0 aromatic heterocycles. The van der Waals surface area contributed by atoms with Crippen molar-refractivity contribution in [3.05, 3.63) is 34.9 Å². The maximum Gasteiger partial charge on any atom is 0.308 e. The molecule has 0 bridgehead atoms. The lowest BCUT2D eigenvalue weighted by Gasteiger charge is -2.24. The molecule has 1 N–H and O–H groups in total.